The monoisotopic (exact) mass is 448 g/mol. The van der Waals surface area contributed by atoms with E-state index in [4.69, 9.17) is 0 Å². The molecule has 0 aliphatic heterocycles. The van der Waals surface area contributed by atoms with Crippen LogP contribution >= 0.6 is 0 Å². The molecule has 0 aromatic heterocycles. The van der Waals surface area contributed by atoms with Gasteiger partial charge >= 0.3 is 0 Å². The van der Waals surface area contributed by atoms with E-state index in [0.29, 0.717) is 18.0 Å². The Hall–Kier alpha value is -1.12. The predicted molar refractivity (Wildman–Crippen MR) is 142 cm³/mol. The van der Waals surface area contributed by atoms with E-state index in [0.717, 1.165) is 12.1 Å². The van der Waals surface area contributed by atoms with Gasteiger partial charge in [-0.2, -0.15) is 0 Å². The molecule has 2 heteroatoms. The lowest BCUT2D eigenvalue weighted by atomic mass is 9.77. The van der Waals surface area contributed by atoms with Gasteiger partial charge in [0.15, 0.2) is 0 Å². The summed E-state index contributed by atoms with van der Waals surface area (Å²) in [6.07, 6.45) is 27.6. The summed E-state index contributed by atoms with van der Waals surface area (Å²) in [5.41, 5.74) is 4.83. The average molecular weight is 449 g/mol. The quantitative estimate of drug-likeness (QED) is 0.462. The predicted octanol–water partition coefficient (Wildman–Crippen LogP) is 7.88. The van der Waals surface area contributed by atoms with E-state index >= 15 is 0 Å². The maximum absolute atomic E-state index is 4.17. The minimum atomic E-state index is 0.609. The Kier molecular flexibility index (Phi) is 8.61. The first-order chi connectivity index (χ1) is 16.4. The van der Waals surface area contributed by atoms with Gasteiger partial charge in [0.05, 0.1) is 0 Å². The van der Waals surface area contributed by atoms with Crippen molar-refractivity contribution < 1.29 is 0 Å². The van der Waals surface area contributed by atoms with Gasteiger partial charge in [0.1, 0.15) is 0 Å². The van der Waals surface area contributed by atoms with Gasteiger partial charge in [-0.3, -0.25) is 0 Å². The van der Waals surface area contributed by atoms with E-state index in [1.807, 2.05) is 0 Å². The molecule has 3 unspecified atom stereocenters. The van der Waals surface area contributed by atoms with Crippen molar-refractivity contribution in [3.05, 3.63) is 41.0 Å². The van der Waals surface area contributed by atoms with Crippen LogP contribution in [0, 0.1) is 0 Å². The van der Waals surface area contributed by atoms with E-state index in [-0.39, 0.29) is 0 Å². The molecular weight excluding hydrogens is 400 g/mol. The normalized spacial score (nSPS) is 31.6. The highest BCUT2D eigenvalue weighted by atomic mass is 15.0. The number of hydrogen-bond donors (Lipinski definition) is 2. The zero-order valence-corrected chi connectivity index (χ0v) is 21.0. The molecule has 4 saturated carbocycles. The number of rotatable bonds is 6. The van der Waals surface area contributed by atoms with Crippen molar-refractivity contribution in [3.8, 4) is 0 Å². The van der Waals surface area contributed by atoms with Crippen LogP contribution in [0.3, 0.4) is 0 Å². The Morgan fingerprint density at radius 1 is 0.606 bits per heavy atom. The van der Waals surface area contributed by atoms with Crippen LogP contribution in [-0.4, -0.2) is 24.2 Å². The summed E-state index contributed by atoms with van der Waals surface area (Å²) in [6.45, 7) is 0. The first-order valence-electron chi connectivity index (χ1n) is 14.7. The molecule has 1 aromatic rings. The fraction of sp³-hybridized carbons (Fsp3) is 0.742. The molecule has 182 valence electrons. The molecule has 0 radical (unpaired) electrons. The van der Waals surface area contributed by atoms with Crippen LogP contribution in [0.5, 0.6) is 0 Å². The van der Waals surface area contributed by atoms with Crippen molar-refractivity contribution >= 4 is 6.08 Å². The summed E-state index contributed by atoms with van der Waals surface area (Å²) < 4.78 is 0. The number of hydrogen-bond acceptors (Lipinski definition) is 2. The lowest BCUT2D eigenvalue weighted by molar-refractivity contribution is 0.265. The van der Waals surface area contributed by atoms with Crippen LogP contribution in [0.2, 0.25) is 0 Å². The average Bonchev–Trinajstić information content (AvgIpc) is 2.87. The van der Waals surface area contributed by atoms with Gasteiger partial charge in [-0.05, 0) is 74.8 Å². The van der Waals surface area contributed by atoms with Crippen LogP contribution in [0.25, 0.3) is 6.08 Å². The summed E-state index contributed by atoms with van der Waals surface area (Å²) in [6, 6.07) is 12.2. The van der Waals surface area contributed by atoms with Gasteiger partial charge < -0.3 is 10.6 Å². The zero-order chi connectivity index (χ0) is 22.3. The van der Waals surface area contributed by atoms with Crippen LogP contribution in [-0.2, 0) is 0 Å². The smallest absolute Gasteiger partial charge is 0.0285 e. The second kappa shape index (κ2) is 12.0. The van der Waals surface area contributed by atoms with E-state index in [1.54, 1.807) is 11.1 Å². The summed E-state index contributed by atoms with van der Waals surface area (Å²) in [5, 5.41) is 8.28. The van der Waals surface area contributed by atoms with Crippen molar-refractivity contribution in [2.75, 3.05) is 0 Å². The summed E-state index contributed by atoms with van der Waals surface area (Å²) >= 11 is 0. The Balaban J connectivity index is 1.34. The molecule has 0 spiro atoms. The van der Waals surface area contributed by atoms with Crippen molar-refractivity contribution in [1.82, 2.24) is 10.6 Å². The van der Waals surface area contributed by atoms with Gasteiger partial charge in [0.25, 0.3) is 0 Å². The fourth-order valence-electron chi connectivity index (χ4n) is 7.41. The van der Waals surface area contributed by atoms with Gasteiger partial charge in [0.2, 0.25) is 0 Å². The molecule has 0 amide bonds. The molecule has 2 nitrogen and oxygen atoms in total. The molecule has 33 heavy (non-hydrogen) atoms. The van der Waals surface area contributed by atoms with Crippen molar-refractivity contribution in [1.29, 1.82) is 0 Å². The third-order valence-corrected chi connectivity index (χ3v) is 9.26. The fourth-order valence-corrected chi connectivity index (χ4v) is 7.41. The van der Waals surface area contributed by atoms with Gasteiger partial charge in [-0.25, -0.2) is 0 Å². The minimum Gasteiger partial charge on any atom is -0.311 e. The lowest BCUT2D eigenvalue weighted by Gasteiger charge is -2.37. The Bertz CT molecular complexity index is 756. The van der Waals surface area contributed by atoms with Crippen LogP contribution < -0.4 is 10.6 Å². The van der Waals surface area contributed by atoms with E-state index in [2.05, 4.69) is 41.0 Å². The highest BCUT2D eigenvalue weighted by molar-refractivity contribution is 5.59. The first kappa shape index (κ1) is 23.6. The Morgan fingerprint density at radius 2 is 1.24 bits per heavy atom. The molecular formula is C31H48N2. The minimum absolute atomic E-state index is 0.609. The van der Waals surface area contributed by atoms with Crippen LogP contribution in [0.4, 0.5) is 0 Å². The highest BCUT2D eigenvalue weighted by Gasteiger charge is 2.30. The lowest BCUT2D eigenvalue weighted by Crippen LogP contribution is -2.44. The second-order valence-corrected chi connectivity index (χ2v) is 11.6. The number of nitrogens with one attached hydrogen (secondary N) is 2. The summed E-state index contributed by atoms with van der Waals surface area (Å²) in [7, 11) is 0. The topological polar surface area (TPSA) is 24.1 Å². The molecule has 1 aromatic carbocycles. The van der Waals surface area contributed by atoms with E-state index < -0.39 is 0 Å². The van der Waals surface area contributed by atoms with Crippen molar-refractivity contribution in [3.63, 3.8) is 0 Å². The van der Waals surface area contributed by atoms with Gasteiger partial charge in [-0.1, -0.05) is 93.7 Å². The van der Waals surface area contributed by atoms with Crippen molar-refractivity contribution in [2.45, 2.75) is 146 Å². The maximum atomic E-state index is 4.17. The number of benzene rings is 1. The van der Waals surface area contributed by atoms with Gasteiger partial charge in [-0.15, -0.1) is 0 Å². The molecule has 4 aliphatic carbocycles. The standard InChI is InChI=1S/C31H48N2/c1-3-15-26(16-4-1)32-30-21-11-8-14-25(30)23-24-13-7-9-19-28(24)29-20-10-12-22-31(29)33-27-17-5-2-6-18-27/h7,9,13,19,23,26-27,29-33H,1-6,8,10-12,14-18,20-22H2/b25-23+. The molecule has 0 saturated heterocycles. The van der Waals surface area contributed by atoms with E-state index in [9.17, 15) is 0 Å². The summed E-state index contributed by atoms with van der Waals surface area (Å²) in [4.78, 5) is 0. The first-order valence-corrected chi connectivity index (χ1v) is 14.7. The molecule has 4 aliphatic rings. The highest BCUT2D eigenvalue weighted by Crippen LogP contribution is 2.37. The summed E-state index contributed by atoms with van der Waals surface area (Å²) in [5.74, 6) is 0.682. The zero-order valence-electron chi connectivity index (χ0n) is 21.0. The third kappa shape index (κ3) is 6.31. The van der Waals surface area contributed by atoms with Crippen molar-refractivity contribution in [2.24, 2.45) is 0 Å². The Morgan fingerprint density at radius 3 is 2.03 bits per heavy atom. The molecule has 0 heterocycles. The SMILES string of the molecule is C(=C1/CCCCC1NC1CCCCC1)/c1ccccc1C1CCCCC1NC1CCCCC1. The second-order valence-electron chi connectivity index (χ2n) is 11.6. The van der Waals surface area contributed by atoms with Crippen LogP contribution in [0.1, 0.15) is 133 Å². The van der Waals surface area contributed by atoms with E-state index in [1.165, 1.54) is 121 Å². The van der Waals surface area contributed by atoms with Gasteiger partial charge in [0, 0.05) is 24.2 Å². The Labute approximate surface area is 203 Å². The van der Waals surface area contributed by atoms with Crippen LogP contribution in [0.15, 0.2) is 29.8 Å². The molecule has 5 rings (SSSR count). The molecule has 4 fully saturated rings. The largest absolute Gasteiger partial charge is 0.311 e. The molecule has 3 atom stereocenters. The third-order valence-electron chi connectivity index (χ3n) is 9.26. The maximum Gasteiger partial charge on any atom is 0.0285 e. The molecule has 0 bridgehead atoms. The molecule has 2 N–H and O–H groups in total.